The summed E-state index contributed by atoms with van der Waals surface area (Å²) in [5, 5.41) is 11.0. The monoisotopic (exact) mass is 392 g/mol. The SMILES string of the molecule is O=C1NC(=O)C2CC=c3c4ccc5c6c(ccc(c7ccc1c2c37)c64)C(=O)NC5=O. The van der Waals surface area contributed by atoms with Crippen LogP contribution in [0.1, 0.15) is 49.0 Å². The van der Waals surface area contributed by atoms with Gasteiger partial charge in [0, 0.05) is 22.1 Å². The summed E-state index contributed by atoms with van der Waals surface area (Å²) in [6, 6.07) is 11.0. The maximum Gasteiger partial charge on any atom is 0.258 e. The minimum atomic E-state index is -0.396. The van der Waals surface area contributed by atoms with Crippen LogP contribution in [0.4, 0.5) is 0 Å². The second-order valence-corrected chi connectivity index (χ2v) is 8.03. The fraction of sp³-hybridized carbons (Fsp3) is 0.0833. The van der Waals surface area contributed by atoms with Crippen molar-refractivity contribution >= 4 is 62.0 Å². The lowest BCUT2D eigenvalue weighted by atomic mass is 9.77. The van der Waals surface area contributed by atoms with E-state index in [0.717, 1.165) is 37.7 Å². The Bertz CT molecular complexity index is 1630. The number of imide groups is 2. The molecule has 30 heavy (non-hydrogen) atoms. The van der Waals surface area contributed by atoms with Crippen molar-refractivity contribution in [2.24, 2.45) is 0 Å². The second-order valence-electron chi connectivity index (χ2n) is 8.03. The highest BCUT2D eigenvalue weighted by molar-refractivity contribution is 6.34. The molecule has 1 aliphatic carbocycles. The van der Waals surface area contributed by atoms with Gasteiger partial charge in [0.15, 0.2) is 0 Å². The van der Waals surface area contributed by atoms with E-state index >= 15 is 0 Å². The summed E-state index contributed by atoms with van der Waals surface area (Å²) in [5.74, 6) is -1.82. The highest BCUT2D eigenvalue weighted by Crippen LogP contribution is 2.42. The Morgan fingerprint density at radius 3 is 1.97 bits per heavy atom. The van der Waals surface area contributed by atoms with Gasteiger partial charge >= 0.3 is 0 Å². The summed E-state index contributed by atoms with van der Waals surface area (Å²) in [4.78, 5) is 49.9. The van der Waals surface area contributed by atoms with Crippen molar-refractivity contribution in [3.05, 3.63) is 63.9 Å². The first kappa shape index (κ1) is 15.8. The Labute approximate surface area is 168 Å². The predicted octanol–water partition coefficient (Wildman–Crippen LogP) is 2.29. The third kappa shape index (κ3) is 1.63. The molecule has 0 radical (unpaired) electrons. The van der Waals surface area contributed by atoms with E-state index in [1.807, 2.05) is 24.3 Å². The average Bonchev–Trinajstić information content (AvgIpc) is 2.74. The number of amides is 4. The van der Waals surface area contributed by atoms with Crippen molar-refractivity contribution in [1.29, 1.82) is 0 Å². The van der Waals surface area contributed by atoms with Crippen LogP contribution in [0.5, 0.6) is 0 Å². The first-order chi connectivity index (χ1) is 14.5. The Hall–Kier alpha value is -4.06. The van der Waals surface area contributed by atoms with Crippen LogP contribution in [0, 0.1) is 0 Å². The van der Waals surface area contributed by atoms with Crippen molar-refractivity contribution in [1.82, 2.24) is 10.6 Å². The van der Waals surface area contributed by atoms with E-state index in [9.17, 15) is 19.2 Å². The number of fused-ring (bicyclic) bond motifs is 2. The molecule has 0 aromatic heterocycles. The lowest BCUT2D eigenvalue weighted by molar-refractivity contribution is -0.121. The number of rotatable bonds is 0. The van der Waals surface area contributed by atoms with E-state index in [1.165, 1.54) is 0 Å². The summed E-state index contributed by atoms with van der Waals surface area (Å²) in [6.45, 7) is 0. The van der Waals surface area contributed by atoms with Crippen LogP contribution in [0.25, 0.3) is 38.4 Å². The van der Waals surface area contributed by atoms with Crippen LogP contribution in [0.2, 0.25) is 0 Å². The average molecular weight is 392 g/mol. The minimum absolute atomic E-state index is 0.269. The van der Waals surface area contributed by atoms with E-state index in [-0.39, 0.29) is 11.8 Å². The zero-order valence-electron chi connectivity index (χ0n) is 15.5. The quantitative estimate of drug-likeness (QED) is 0.273. The van der Waals surface area contributed by atoms with Gasteiger partial charge < -0.3 is 0 Å². The summed E-state index contributed by atoms with van der Waals surface area (Å²) in [5.41, 5.74) is 2.28. The molecule has 7 rings (SSSR count). The largest absolute Gasteiger partial charge is 0.292 e. The standard InChI is InChI=1S/C24H12N2O4/c27-21-13-5-1-9-10-2-6-15-20-16(24(30)26-23(15)29)8-4-12(18(10)20)11-3-7-14(22(28)25-21)19(13)17(9)11/h1-7,16H,8H2,(H,25,27,28)(H,26,29,30). The minimum Gasteiger partial charge on any atom is -0.292 e. The van der Waals surface area contributed by atoms with Gasteiger partial charge in [-0.05, 0) is 62.3 Å². The molecule has 0 spiro atoms. The smallest absolute Gasteiger partial charge is 0.258 e. The van der Waals surface area contributed by atoms with Gasteiger partial charge in [-0.1, -0.05) is 24.3 Å². The lowest BCUT2D eigenvalue weighted by Crippen LogP contribution is -2.42. The number of hydrogen-bond donors (Lipinski definition) is 2. The molecule has 4 aromatic rings. The summed E-state index contributed by atoms with van der Waals surface area (Å²) in [6.07, 6.45) is 2.53. The number of benzene rings is 4. The highest BCUT2D eigenvalue weighted by atomic mass is 16.2. The van der Waals surface area contributed by atoms with Gasteiger partial charge in [-0.15, -0.1) is 0 Å². The van der Waals surface area contributed by atoms with E-state index in [1.54, 1.807) is 18.2 Å². The summed E-state index contributed by atoms with van der Waals surface area (Å²) in [7, 11) is 0. The Kier molecular flexibility index (Phi) is 2.59. The van der Waals surface area contributed by atoms with Gasteiger partial charge in [0.1, 0.15) is 0 Å². The van der Waals surface area contributed by atoms with Crippen molar-refractivity contribution in [3.8, 4) is 0 Å². The molecule has 0 saturated heterocycles. The van der Waals surface area contributed by atoms with Gasteiger partial charge in [-0.25, -0.2) is 0 Å². The first-order valence-electron chi connectivity index (χ1n) is 9.73. The molecule has 2 aliphatic heterocycles. The van der Waals surface area contributed by atoms with Crippen LogP contribution in [0.3, 0.4) is 0 Å². The molecule has 4 aromatic carbocycles. The van der Waals surface area contributed by atoms with Crippen molar-refractivity contribution in [3.63, 3.8) is 0 Å². The summed E-state index contributed by atoms with van der Waals surface area (Å²) >= 11 is 0. The van der Waals surface area contributed by atoms with E-state index in [4.69, 9.17) is 0 Å². The Morgan fingerprint density at radius 2 is 1.23 bits per heavy atom. The maximum absolute atomic E-state index is 12.5. The second kappa shape index (κ2) is 4.91. The molecule has 2 heterocycles. The molecule has 6 nitrogen and oxygen atoms in total. The molecule has 1 unspecified atom stereocenters. The number of nitrogens with one attached hydrogen (secondary N) is 2. The van der Waals surface area contributed by atoms with Crippen LogP contribution in [0.15, 0.2) is 36.4 Å². The zero-order valence-corrected chi connectivity index (χ0v) is 15.5. The van der Waals surface area contributed by atoms with E-state index in [0.29, 0.717) is 28.5 Å². The van der Waals surface area contributed by atoms with Crippen LogP contribution in [-0.4, -0.2) is 23.6 Å². The first-order valence-corrected chi connectivity index (χ1v) is 9.73. The van der Waals surface area contributed by atoms with Gasteiger partial charge in [0.2, 0.25) is 5.91 Å². The molecule has 2 N–H and O–H groups in total. The molecule has 3 aliphatic rings. The Balaban J connectivity index is 1.79. The number of carbonyl (C=O) groups excluding carboxylic acids is 4. The molecule has 142 valence electrons. The van der Waals surface area contributed by atoms with Gasteiger partial charge in [-0.2, -0.15) is 0 Å². The van der Waals surface area contributed by atoms with Crippen molar-refractivity contribution in [2.45, 2.75) is 12.3 Å². The molecule has 4 amide bonds. The number of carbonyl (C=O) groups is 4. The van der Waals surface area contributed by atoms with Crippen LogP contribution < -0.4 is 15.9 Å². The zero-order chi connectivity index (χ0) is 20.3. The van der Waals surface area contributed by atoms with Gasteiger partial charge in [0.05, 0.1) is 5.92 Å². The van der Waals surface area contributed by atoms with Crippen molar-refractivity contribution < 1.29 is 19.2 Å². The predicted molar refractivity (Wildman–Crippen MR) is 110 cm³/mol. The molecule has 0 bridgehead atoms. The van der Waals surface area contributed by atoms with Gasteiger partial charge in [0.25, 0.3) is 17.7 Å². The fourth-order valence-electron chi connectivity index (χ4n) is 5.46. The molecular formula is C24H12N2O4. The fourth-order valence-corrected chi connectivity index (χ4v) is 5.46. The highest BCUT2D eigenvalue weighted by Gasteiger charge is 2.36. The maximum atomic E-state index is 12.5. The molecule has 6 heteroatoms. The van der Waals surface area contributed by atoms with Crippen LogP contribution >= 0.6 is 0 Å². The normalized spacial score (nSPS) is 19.3. The molecule has 0 fully saturated rings. The van der Waals surface area contributed by atoms with E-state index in [2.05, 4.69) is 10.6 Å². The number of hydrogen-bond acceptors (Lipinski definition) is 4. The van der Waals surface area contributed by atoms with E-state index < -0.39 is 17.7 Å². The lowest BCUT2D eigenvalue weighted by Gasteiger charge is -2.29. The molecule has 1 atom stereocenters. The molecule has 0 saturated carbocycles. The summed E-state index contributed by atoms with van der Waals surface area (Å²) < 4.78 is 0. The topological polar surface area (TPSA) is 92.3 Å². The van der Waals surface area contributed by atoms with Crippen LogP contribution in [-0.2, 0) is 4.79 Å². The third-order valence-electron chi connectivity index (χ3n) is 6.68. The van der Waals surface area contributed by atoms with Crippen molar-refractivity contribution in [2.75, 3.05) is 0 Å². The third-order valence-corrected chi connectivity index (χ3v) is 6.68. The Morgan fingerprint density at radius 1 is 0.633 bits per heavy atom. The van der Waals surface area contributed by atoms with Gasteiger partial charge in [-0.3, -0.25) is 29.8 Å². The molecular weight excluding hydrogens is 380 g/mol.